The van der Waals surface area contributed by atoms with E-state index in [0.717, 1.165) is 96.7 Å². The van der Waals surface area contributed by atoms with E-state index in [-0.39, 0.29) is 47.8 Å². The highest BCUT2D eigenvalue weighted by atomic mass is 16.5. The van der Waals surface area contributed by atoms with Gasteiger partial charge in [-0.1, -0.05) is 262 Å². The molecule has 4 fully saturated rings. The van der Waals surface area contributed by atoms with Crippen LogP contribution in [-0.2, 0) is 19.1 Å². The molecule has 4 heterocycles. The van der Waals surface area contributed by atoms with Gasteiger partial charge >= 0.3 is 12.2 Å². The Hall–Kier alpha value is -5.66. The van der Waals surface area contributed by atoms with E-state index in [0.29, 0.717) is 11.8 Å². The topological polar surface area (TPSA) is 175 Å². The monoisotopic (exact) mass is 1200 g/mol. The Morgan fingerprint density at radius 3 is 1.20 bits per heavy atom. The van der Waals surface area contributed by atoms with Gasteiger partial charge in [0.2, 0.25) is 11.8 Å². The van der Waals surface area contributed by atoms with Crippen LogP contribution in [0.25, 0.3) is 33.6 Å². The van der Waals surface area contributed by atoms with Crippen LogP contribution in [0.2, 0.25) is 0 Å². The molecule has 480 valence electrons. The molecule has 8 atom stereocenters. The Morgan fingerprint density at radius 2 is 0.793 bits per heavy atom. The maximum absolute atomic E-state index is 15.2. The summed E-state index contributed by atoms with van der Waals surface area (Å²) in [6.07, 6.45) is 47.2. The molecular weight excluding hydrogens is 1080 g/mol. The largest absolute Gasteiger partial charge is 0.453 e. The Balaban J connectivity index is 0.937. The molecule has 8 unspecified atom stereocenters. The number of imidazole rings is 2. The summed E-state index contributed by atoms with van der Waals surface area (Å²) in [5.74, 6) is 1.95. The van der Waals surface area contributed by atoms with Crippen LogP contribution in [-0.4, -0.2) is 92.1 Å². The summed E-state index contributed by atoms with van der Waals surface area (Å²) < 4.78 is 9.97. The van der Waals surface area contributed by atoms with Crippen molar-refractivity contribution in [2.24, 2.45) is 23.7 Å². The number of nitrogens with one attached hydrogen (secondary N) is 4. The molecule has 4 aliphatic rings. The average Bonchev–Trinajstić information content (AvgIpc) is 1.66. The molecule has 14 heteroatoms. The summed E-state index contributed by atoms with van der Waals surface area (Å²) in [6, 6.07) is 15.4. The highest BCUT2D eigenvalue weighted by molar-refractivity contribution is 5.88. The molecule has 87 heavy (non-hydrogen) atoms. The maximum atomic E-state index is 15.2. The van der Waals surface area contributed by atoms with Gasteiger partial charge < -0.3 is 39.9 Å². The van der Waals surface area contributed by atoms with Gasteiger partial charge in [-0.2, -0.15) is 0 Å². The normalized spacial score (nSPS) is 24.2. The fourth-order valence-corrected chi connectivity index (χ4v) is 14.7. The van der Waals surface area contributed by atoms with Gasteiger partial charge in [-0.15, -0.1) is 0 Å². The molecule has 0 spiro atoms. The summed E-state index contributed by atoms with van der Waals surface area (Å²) in [6.45, 7) is 7.90. The number of carbonyl (C=O) groups excluding carboxylic acids is 4. The molecular formula is C73H112N8O6. The van der Waals surface area contributed by atoms with Gasteiger partial charge in [-0.05, 0) is 84.5 Å². The Labute approximate surface area is 523 Å². The number of hydrogen-bond donors (Lipinski definition) is 4. The molecule has 0 radical (unpaired) electrons. The number of methoxy groups -OCH3 is 2. The second-order valence-electron chi connectivity index (χ2n) is 27.3. The molecule has 2 saturated heterocycles. The average molecular weight is 1200 g/mol. The van der Waals surface area contributed by atoms with Gasteiger partial charge in [0.05, 0.1) is 50.1 Å². The van der Waals surface area contributed by atoms with Crippen LogP contribution in [0.4, 0.5) is 9.59 Å². The minimum absolute atomic E-state index is 0.0432. The van der Waals surface area contributed by atoms with Crippen molar-refractivity contribution >= 4 is 24.0 Å². The molecule has 2 aromatic carbocycles. The highest BCUT2D eigenvalue weighted by Crippen LogP contribution is 2.50. The Kier molecular flexibility index (Phi) is 27.5. The maximum Gasteiger partial charge on any atom is 0.407 e. The third kappa shape index (κ3) is 19.9. The molecule has 4 aromatic rings. The molecule has 4 amide bonds. The minimum atomic E-state index is -0.721. The van der Waals surface area contributed by atoms with Crippen LogP contribution >= 0.6 is 0 Å². The van der Waals surface area contributed by atoms with Crippen molar-refractivity contribution in [2.45, 2.75) is 289 Å². The molecule has 2 bridgehead atoms. The van der Waals surface area contributed by atoms with Crippen molar-refractivity contribution in [3.8, 4) is 33.6 Å². The van der Waals surface area contributed by atoms with E-state index >= 15 is 4.79 Å². The van der Waals surface area contributed by atoms with Crippen LogP contribution in [0.15, 0.2) is 60.9 Å². The third-order valence-corrected chi connectivity index (χ3v) is 20.0. The number of ether oxygens (including phenoxy) is 2. The van der Waals surface area contributed by atoms with Gasteiger partial charge in [0.1, 0.15) is 23.7 Å². The number of piperidine rings is 1. The van der Waals surface area contributed by atoms with E-state index in [4.69, 9.17) is 19.4 Å². The Morgan fingerprint density at radius 1 is 0.437 bits per heavy atom. The number of likely N-dealkylation sites (tertiary alicyclic amines) is 1. The number of hydrogen-bond acceptors (Lipinski definition) is 8. The lowest BCUT2D eigenvalue weighted by molar-refractivity contribution is -0.139. The van der Waals surface area contributed by atoms with Gasteiger partial charge in [0.15, 0.2) is 0 Å². The first kappa shape index (κ1) is 67.3. The first-order chi connectivity index (χ1) is 42.4. The predicted octanol–water partition coefficient (Wildman–Crippen LogP) is 18.3. The number of alkyl carbamates (subject to hydrolysis) is 2. The Bertz CT molecular complexity index is 2660. The van der Waals surface area contributed by atoms with Crippen LogP contribution in [0, 0.1) is 23.7 Å². The van der Waals surface area contributed by atoms with Crippen molar-refractivity contribution < 1.29 is 28.7 Å². The van der Waals surface area contributed by atoms with E-state index in [1.807, 2.05) is 45.0 Å². The van der Waals surface area contributed by atoms with Gasteiger partial charge in [0.25, 0.3) is 0 Å². The molecule has 4 N–H and O–H groups in total. The van der Waals surface area contributed by atoms with E-state index in [9.17, 15) is 14.4 Å². The predicted molar refractivity (Wildman–Crippen MR) is 351 cm³/mol. The van der Waals surface area contributed by atoms with Crippen molar-refractivity contribution in [1.82, 2.24) is 40.4 Å². The van der Waals surface area contributed by atoms with Crippen molar-refractivity contribution in [3.63, 3.8) is 0 Å². The van der Waals surface area contributed by atoms with E-state index < -0.39 is 24.3 Å². The smallest absolute Gasteiger partial charge is 0.407 e. The lowest BCUT2D eigenvalue weighted by atomic mass is 9.95. The number of carbonyl (C=O) groups is 4. The summed E-state index contributed by atoms with van der Waals surface area (Å²) in [7, 11) is 2.69. The second-order valence-corrected chi connectivity index (χ2v) is 27.3. The van der Waals surface area contributed by atoms with Crippen LogP contribution < -0.4 is 10.6 Å². The zero-order valence-corrected chi connectivity index (χ0v) is 54.5. The third-order valence-electron chi connectivity index (χ3n) is 20.0. The molecule has 8 rings (SSSR count). The molecule has 2 aliphatic heterocycles. The van der Waals surface area contributed by atoms with Gasteiger partial charge in [-0.25, -0.2) is 19.6 Å². The lowest BCUT2D eigenvalue weighted by Gasteiger charge is -2.37. The lowest BCUT2D eigenvalue weighted by Crippen LogP contribution is -2.54. The van der Waals surface area contributed by atoms with Crippen molar-refractivity contribution in [2.75, 3.05) is 14.2 Å². The summed E-state index contributed by atoms with van der Waals surface area (Å²) in [5.41, 5.74) is 5.99. The molecule has 2 aliphatic carbocycles. The number of fused-ring (bicyclic) bond motifs is 3. The first-order valence-electron chi connectivity index (χ1n) is 35.1. The van der Waals surface area contributed by atoms with E-state index in [1.54, 1.807) is 0 Å². The van der Waals surface area contributed by atoms with Crippen LogP contribution in [0.5, 0.6) is 0 Å². The number of benzene rings is 2. The van der Waals surface area contributed by atoms with Crippen molar-refractivity contribution in [1.29, 1.82) is 0 Å². The fraction of sp³-hybridized carbons (Fsp3) is 0.699. The zero-order valence-electron chi connectivity index (χ0n) is 54.5. The summed E-state index contributed by atoms with van der Waals surface area (Å²) in [5, 5.41) is 5.74. The van der Waals surface area contributed by atoms with Gasteiger partial charge in [-0.3, -0.25) is 9.59 Å². The number of rotatable bonds is 11. The SMILES string of the molecule is COC(=O)NC(C(=O)N1C(c2ncc(-c3ccc(-c4ccc(-c5cnc(C6C7CCC(C7)N6C(=O)C(NC(=O)OC)C(C)C)[nH]5)cc4)cc3)[nH]2)CCCCCCCCCCCCCCCCCCCCCCCCCCCCCCCC2CC21)C(C)C. The van der Waals surface area contributed by atoms with E-state index in [1.165, 1.54) is 188 Å². The number of aromatic amines is 2. The van der Waals surface area contributed by atoms with Crippen molar-refractivity contribution in [3.05, 3.63) is 72.6 Å². The number of nitrogens with zero attached hydrogens (tertiary/aromatic N) is 4. The van der Waals surface area contributed by atoms with Crippen LogP contribution in [0.3, 0.4) is 0 Å². The summed E-state index contributed by atoms with van der Waals surface area (Å²) >= 11 is 0. The number of aromatic nitrogens is 4. The number of H-pyrrole nitrogens is 2. The highest BCUT2D eigenvalue weighted by Gasteiger charge is 2.52. The quantitative estimate of drug-likeness (QED) is 0.115. The molecule has 14 nitrogen and oxygen atoms in total. The van der Waals surface area contributed by atoms with Gasteiger partial charge in [0, 0.05) is 12.1 Å². The minimum Gasteiger partial charge on any atom is -0.453 e. The molecule has 2 aromatic heterocycles. The summed E-state index contributed by atoms with van der Waals surface area (Å²) in [4.78, 5) is 76.0. The fourth-order valence-electron chi connectivity index (χ4n) is 14.7. The molecule has 2 saturated carbocycles. The van der Waals surface area contributed by atoms with E-state index in [2.05, 4.69) is 74.0 Å². The first-order valence-corrected chi connectivity index (χ1v) is 35.1. The standard InChI is InChI=1S/C73H112N8O6/c1-52(2)65(78-72(84)86-5)70(82)80-60-47-46-59(48-60)67(80)69-75-51-62(77-69)57-44-40-55(41-45-57)54-38-42-56(43-39-54)61-50-74-68(76-61)63-37-35-33-31-29-27-25-23-21-19-17-15-13-11-9-7-8-10-12-14-16-18-20-22-24-26-28-30-32-34-36-58-49-64(58)81(63)71(83)66(53(3)4)79-73(85)87-6/h38-45,50-53,58-60,63-67H,7-37,46-49H2,1-6H3,(H,74,76)(H,75,77)(H,78,84)(H,79,85). The van der Waals surface area contributed by atoms with Crippen LogP contribution in [0.1, 0.15) is 276 Å². The number of amides is 4. The second kappa shape index (κ2) is 35.5. The zero-order chi connectivity index (χ0) is 61.3.